The van der Waals surface area contributed by atoms with Crippen LogP contribution in [0, 0.1) is 0 Å². The molecule has 36 heavy (non-hydrogen) atoms. The Bertz CT molecular complexity index is 1250. The van der Waals surface area contributed by atoms with Crippen LogP contribution in [-0.2, 0) is 6.61 Å². The molecule has 3 aromatic rings. The van der Waals surface area contributed by atoms with Crippen molar-refractivity contribution in [2.24, 2.45) is 5.10 Å². The second-order valence-corrected chi connectivity index (χ2v) is 9.93. The number of halogens is 3. The van der Waals surface area contributed by atoms with Gasteiger partial charge in [-0.1, -0.05) is 29.3 Å². The summed E-state index contributed by atoms with van der Waals surface area (Å²) in [4.78, 5) is 14.8. The van der Waals surface area contributed by atoms with Crippen LogP contribution in [0.15, 0.2) is 64.2 Å². The molecule has 1 saturated heterocycles. The number of hydrogen-bond acceptors (Lipinski definition) is 5. The van der Waals surface area contributed by atoms with E-state index in [1.807, 2.05) is 43.3 Å². The van der Waals surface area contributed by atoms with Crippen molar-refractivity contribution in [2.75, 3.05) is 24.6 Å². The number of hydrogen-bond donors (Lipinski definition) is 1. The van der Waals surface area contributed by atoms with Crippen LogP contribution in [0.3, 0.4) is 0 Å². The summed E-state index contributed by atoms with van der Waals surface area (Å²) in [5, 5.41) is 5.22. The zero-order valence-electron chi connectivity index (χ0n) is 19.8. The molecule has 0 spiro atoms. The highest BCUT2D eigenvalue weighted by atomic mass is 79.9. The number of carbonyl (C=O) groups excluding carboxylic acids is 1. The van der Waals surface area contributed by atoms with Crippen LogP contribution >= 0.6 is 39.1 Å². The van der Waals surface area contributed by atoms with Crippen molar-refractivity contribution >= 4 is 56.9 Å². The standard InChI is InChI=1S/C27H26BrCl2N3O3/c1-2-35-25-14-18(13-23(28)26(25)36-17-20-5-8-21(29)15-24(20)30)16-31-32-27(34)19-6-9-22(10-7-19)33-11-3-4-12-33/h5-10,13-16H,2-4,11-12,17H2,1H3,(H,32,34)/b31-16-. The highest BCUT2D eigenvalue weighted by Crippen LogP contribution is 2.37. The summed E-state index contributed by atoms with van der Waals surface area (Å²) in [5.41, 5.74) is 5.81. The molecular weight excluding hydrogens is 565 g/mol. The Labute approximate surface area is 229 Å². The third-order valence-corrected chi connectivity index (χ3v) is 6.88. The van der Waals surface area contributed by atoms with Gasteiger partial charge in [0, 0.05) is 39.9 Å². The molecule has 0 saturated carbocycles. The van der Waals surface area contributed by atoms with Gasteiger partial charge in [-0.2, -0.15) is 5.10 Å². The second kappa shape index (κ2) is 12.5. The Hall–Kier alpha value is -2.74. The lowest BCUT2D eigenvalue weighted by atomic mass is 10.2. The number of carbonyl (C=O) groups is 1. The quantitative estimate of drug-likeness (QED) is 0.213. The molecule has 1 aliphatic rings. The average Bonchev–Trinajstić information content (AvgIpc) is 3.40. The molecule has 0 radical (unpaired) electrons. The molecule has 9 heteroatoms. The Morgan fingerprint density at radius 1 is 1.08 bits per heavy atom. The fourth-order valence-corrected chi connectivity index (χ4v) is 4.92. The summed E-state index contributed by atoms with van der Waals surface area (Å²) in [6, 6.07) is 16.5. The van der Waals surface area contributed by atoms with E-state index in [2.05, 4.69) is 31.4 Å². The molecule has 1 aliphatic heterocycles. The fraction of sp³-hybridized carbons (Fsp3) is 0.259. The van der Waals surface area contributed by atoms with Crippen molar-refractivity contribution in [1.82, 2.24) is 5.43 Å². The predicted molar refractivity (Wildman–Crippen MR) is 149 cm³/mol. The minimum atomic E-state index is -0.275. The SMILES string of the molecule is CCOc1cc(/C=N\NC(=O)c2ccc(N3CCCC3)cc2)cc(Br)c1OCc1ccc(Cl)cc1Cl. The molecule has 6 nitrogen and oxygen atoms in total. The van der Waals surface area contributed by atoms with Crippen LogP contribution < -0.4 is 19.8 Å². The fourth-order valence-electron chi connectivity index (χ4n) is 3.88. The molecule has 1 amide bonds. The molecular formula is C27H26BrCl2N3O3. The van der Waals surface area contributed by atoms with E-state index in [1.165, 1.54) is 12.8 Å². The van der Waals surface area contributed by atoms with Gasteiger partial charge in [-0.25, -0.2) is 5.43 Å². The summed E-state index contributed by atoms with van der Waals surface area (Å²) >= 11 is 15.8. The Morgan fingerprint density at radius 2 is 1.83 bits per heavy atom. The van der Waals surface area contributed by atoms with Gasteiger partial charge < -0.3 is 14.4 Å². The zero-order chi connectivity index (χ0) is 25.5. The molecule has 4 rings (SSSR count). The van der Waals surface area contributed by atoms with Gasteiger partial charge >= 0.3 is 0 Å². The van der Waals surface area contributed by atoms with E-state index in [1.54, 1.807) is 24.4 Å². The van der Waals surface area contributed by atoms with Gasteiger partial charge in [0.2, 0.25) is 0 Å². The number of hydrazone groups is 1. The number of rotatable bonds is 9. The van der Waals surface area contributed by atoms with Crippen molar-refractivity contribution in [3.63, 3.8) is 0 Å². The van der Waals surface area contributed by atoms with Crippen molar-refractivity contribution < 1.29 is 14.3 Å². The maximum Gasteiger partial charge on any atom is 0.271 e. The number of anilines is 1. The molecule has 0 aliphatic carbocycles. The van der Waals surface area contributed by atoms with Gasteiger partial charge in [0.05, 0.1) is 17.3 Å². The largest absolute Gasteiger partial charge is 0.490 e. The molecule has 1 heterocycles. The molecule has 0 atom stereocenters. The van der Waals surface area contributed by atoms with Crippen molar-refractivity contribution in [3.05, 3.63) is 85.8 Å². The normalized spacial score (nSPS) is 13.3. The molecule has 1 fully saturated rings. The minimum Gasteiger partial charge on any atom is -0.490 e. The zero-order valence-corrected chi connectivity index (χ0v) is 22.9. The first kappa shape index (κ1) is 26.3. The van der Waals surface area contributed by atoms with E-state index in [9.17, 15) is 4.79 Å². The van der Waals surface area contributed by atoms with E-state index >= 15 is 0 Å². The van der Waals surface area contributed by atoms with Crippen LogP contribution in [0.2, 0.25) is 10.0 Å². The lowest BCUT2D eigenvalue weighted by Gasteiger charge is -2.17. The molecule has 3 aromatic carbocycles. The van der Waals surface area contributed by atoms with E-state index in [0.717, 1.165) is 29.9 Å². The van der Waals surface area contributed by atoms with Crippen LogP contribution in [0.25, 0.3) is 0 Å². The summed E-state index contributed by atoms with van der Waals surface area (Å²) in [7, 11) is 0. The monoisotopic (exact) mass is 589 g/mol. The third kappa shape index (κ3) is 6.72. The molecule has 0 aromatic heterocycles. The lowest BCUT2D eigenvalue weighted by molar-refractivity contribution is 0.0955. The van der Waals surface area contributed by atoms with Crippen LogP contribution in [0.1, 0.15) is 41.3 Å². The lowest BCUT2D eigenvalue weighted by Crippen LogP contribution is -2.19. The van der Waals surface area contributed by atoms with Crippen molar-refractivity contribution in [3.8, 4) is 11.5 Å². The summed E-state index contributed by atoms with van der Waals surface area (Å²) in [5.74, 6) is 0.812. The van der Waals surface area contributed by atoms with E-state index in [4.69, 9.17) is 32.7 Å². The van der Waals surface area contributed by atoms with Crippen LogP contribution in [-0.4, -0.2) is 31.8 Å². The van der Waals surface area contributed by atoms with E-state index in [0.29, 0.717) is 38.2 Å². The number of nitrogens with zero attached hydrogens (tertiary/aromatic N) is 2. The summed E-state index contributed by atoms with van der Waals surface area (Å²) in [6.07, 6.45) is 3.98. The molecule has 0 bridgehead atoms. The first-order valence-electron chi connectivity index (χ1n) is 11.7. The maximum atomic E-state index is 12.5. The average molecular weight is 591 g/mol. The van der Waals surface area contributed by atoms with E-state index < -0.39 is 0 Å². The maximum absolute atomic E-state index is 12.5. The first-order chi connectivity index (χ1) is 17.4. The summed E-state index contributed by atoms with van der Waals surface area (Å²) in [6.45, 7) is 4.72. The Morgan fingerprint density at radius 3 is 2.53 bits per heavy atom. The Balaban J connectivity index is 1.41. The minimum absolute atomic E-state index is 0.245. The number of ether oxygens (including phenoxy) is 2. The topological polar surface area (TPSA) is 63.2 Å². The highest BCUT2D eigenvalue weighted by Gasteiger charge is 2.15. The second-order valence-electron chi connectivity index (χ2n) is 8.23. The predicted octanol–water partition coefficient (Wildman–Crippen LogP) is 7.10. The van der Waals surface area contributed by atoms with Gasteiger partial charge in [0.25, 0.3) is 5.91 Å². The number of benzene rings is 3. The number of nitrogens with one attached hydrogen (secondary N) is 1. The number of amides is 1. The molecule has 188 valence electrons. The highest BCUT2D eigenvalue weighted by molar-refractivity contribution is 9.10. The smallest absolute Gasteiger partial charge is 0.271 e. The first-order valence-corrected chi connectivity index (χ1v) is 13.2. The summed E-state index contributed by atoms with van der Waals surface area (Å²) < 4.78 is 12.5. The van der Waals surface area contributed by atoms with Gasteiger partial charge in [0.1, 0.15) is 6.61 Å². The van der Waals surface area contributed by atoms with Gasteiger partial charge in [0.15, 0.2) is 11.5 Å². The van der Waals surface area contributed by atoms with Crippen molar-refractivity contribution in [2.45, 2.75) is 26.4 Å². The van der Waals surface area contributed by atoms with Gasteiger partial charge in [-0.3, -0.25) is 4.79 Å². The molecule has 0 unspecified atom stereocenters. The molecule has 1 N–H and O–H groups in total. The van der Waals surface area contributed by atoms with Crippen LogP contribution in [0.5, 0.6) is 11.5 Å². The van der Waals surface area contributed by atoms with Crippen molar-refractivity contribution in [1.29, 1.82) is 0 Å². The van der Waals surface area contributed by atoms with Gasteiger partial charge in [-0.05, 0) is 89.8 Å². The third-order valence-electron chi connectivity index (χ3n) is 5.70. The van der Waals surface area contributed by atoms with Gasteiger partial charge in [-0.15, -0.1) is 0 Å². The van der Waals surface area contributed by atoms with E-state index in [-0.39, 0.29) is 12.5 Å². The Kier molecular flexibility index (Phi) is 9.13. The van der Waals surface area contributed by atoms with Crippen LogP contribution in [0.4, 0.5) is 5.69 Å².